The lowest BCUT2D eigenvalue weighted by Gasteiger charge is -2.25. The van der Waals surface area contributed by atoms with E-state index in [1.807, 2.05) is 35.3 Å². The third-order valence-electron chi connectivity index (χ3n) is 3.64. The predicted octanol–water partition coefficient (Wildman–Crippen LogP) is 3.75. The molecule has 0 aliphatic carbocycles. The van der Waals surface area contributed by atoms with Crippen molar-refractivity contribution in [1.82, 2.24) is 19.9 Å². The lowest BCUT2D eigenvalue weighted by atomic mass is 10.2. The van der Waals surface area contributed by atoms with E-state index in [0.29, 0.717) is 30.2 Å². The molecule has 11 heteroatoms. The van der Waals surface area contributed by atoms with Crippen molar-refractivity contribution in [2.45, 2.75) is 6.54 Å². The summed E-state index contributed by atoms with van der Waals surface area (Å²) in [5.41, 5.74) is 2.50. The molecule has 2 aromatic carbocycles. The van der Waals surface area contributed by atoms with Crippen LogP contribution >= 0.6 is 28.3 Å². The van der Waals surface area contributed by atoms with Gasteiger partial charge in [-0.15, -0.1) is 19.5 Å². The quantitative estimate of drug-likeness (QED) is 0.198. The maximum Gasteiger partial charge on any atom is 0.260 e. The largest absolute Gasteiger partial charge is 0.397 e. The highest BCUT2D eigenvalue weighted by Crippen LogP contribution is 2.30. The summed E-state index contributed by atoms with van der Waals surface area (Å²) >= 11 is 4.23. The first-order valence-corrected chi connectivity index (χ1v) is 9.79. The molecule has 9 nitrogen and oxygen atoms in total. The van der Waals surface area contributed by atoms with E-state index in [4.69, 9.17) is 18.8 Å². The molecule has 0 N–H and O–H groups in total. The predicted molar refractivity (Wildman–Crippen MR) is 111 cm³/mol. The van der Waals surface area contributed by atoms with Gasteiger partial charge in [-0.1, -0.05) is 6.07 Å². The number of aromatic nitrogens is 3. The Hall–Kier alpha value is -2.62. The molecule has 150 valence electrons. The first-order chi connectivity index (χ1) is 14.1. The van der Waals surface area contributed by atoms with Gasteiger partial charge < -0.3 is 4.18 Å². The normalized spacial score (nSPS) is 10.7. The molecule has 0 spiro atoms. The van der Waals surface area contributed by atoms with Crippen molar-refractivity contribution in [3.05, 3.63) is 70.7 Å². The minimum absolute atomic E-state index is 0.538. The summed E-state index contributed by atoms with van der Waals surface area (Å²) in [4.78, 5) is 4.80. The summed E-state index contributed by atoms with van der Waals surface area (Å²) in [5.74, 6) is 0.593. The molecular weight excluding hydrogens is 460 g/mol. The number of nitriles is 1. The number of rotatable bonds is 9. The molecular formula is C18H17BrN6O3S. The molecule has 0 aliphatic heterocycles. The van der Waals surface area contributed by atoms with Crippen molar-refractivity contribution in [2.75, 3.05) is 19.1 Å². The zero-order valence-electron chi connectivity index (χ0n) is 15.6. The summed E-state index contributed by atoms with van der Waals surface area (Å²) in [6.45, 7) is 0.538. The average molecular weight is 477 g/mol. The lowest BCUT2D eigenvalue weighted by molar-refractivity contribution is -0.342. The Morgan fingerprint density at radius 2 is 1.86 bits per heavy atom. The van der Waals surface area contributed by atoms with Crippen LogP contribution < -0.4 is 9.19 Å². The smallest absolute Gasteiger partial charge is 0.260 e. The Bertz CT molecular complexity index is 963. The van der Waals surface area contributed by atoms with Gasteiger partial charge in [-0.05, 0) is 57.9 Å². The number of hydroxylamine groups is 2. The number of hydrogen-bond donors (Lipinski definition) is 0. The van der Waals surface area contributed by atoms with Gasteiger partial charge in [0, 0.05) is 14.1 Å². The summed E-state index contributed by atoms with van der Waals surface area (Å²) in [5, 5.41) is 20.2. The highest BCUT2D eigenvalue weighted by atomic mass is 79.9. The Morgan fingerprint density at radius 1 is 1.14 bits per heavy atom. The Labute approximate surface area is 180 Å². The van der Waals surface area contributed by atoms with Crippen LogP contribution in [0.2, 0.25) is 0 Å². The number of halogens is 1. The molecule has 29 heavy (non-hydrogen) atoms. The zero-order chi connectivity index (χ0) is 20.6. The molecule has 1 heterocycles. The van der Waals surface area contributed by atoms with Gasteiger partial charge in [0.1, 0.15) is 12.7 Å². The van der Waals surface area contributed by atoms with E-state index in [1.165, 1.54) is 5.06 Å². The van der Waals surface area contributed by atoms with Crippen molar-refractivity contribution >= 4 is 33.9 Å². The summed E-state index contributed by atoms with van der Waals surface area (Å²) in [7, 11) is 3.39. The molecule has 0 fully saturated rings. The number of benzene rings is 2. The van der Waals surface area contributed by atoms with Crippen LogP contribution in [0.15, 0.2) is 59.6 Å². The minimum Gasteiger partial charge on any atom is -0.397 e. The molecule has 0 atom stereocenters. The molecule has 1 aromatic heterocycles. The molecule has 0 bridgehead atoms. The van der Waals surface area contributed by atoms with Crippen molar-refractivity contribution in [3.63, 3.8) is 0 Å². The van der Waals surface area contributed by atoms with Crippen LogP contribution in [0.4, 0.5) is 5.69 Å². The second kappa shape index (κ2) is 10.2. The highest BCUT2D eigenvalue weighted by Gasteiger charge is 2.12. The topological polar surface area (TPSA) is 88.7 Å². The van der Waals surface area contributed by atoms with Crippen molar-refractivity contribution in [3.8, 4) is 11.8 Å². The van der Waals surface area contributed by atoms with E-state index >= 15 is 0 Å². The second-order valence-corrected chi connectivity index (χ2v) is 7.22. The fourth-order valence-corrected chi connectivity index (χ4v) is 3.35. The van der Waals surface area contributed by atoms with Gasteiger partial charge in [0.2, 0.25) is 0 Å². The van der Waals surface area contributed by atoms with Crippen LogP contribution in [0.3, 0.4) is 0 Å². The van der Waals surface area contributed by atoms with Crippen molar-refractivity contribution in [2.24, 2.45) is 0 Å². The number of anilines is 1. The zero-order valence-corrected chi connectivity index (χ0v) is 18.0. The van der Waals surface area contributed by atoms with Crippen molar-refractivity contribution < 1.29 is 13.5 Å². The van der Waals surface area contributed by atoms with E-state index < -0.39 is 0 Å². The summed E-state index contributed by atoms with van der Waals surface area (Å²) in [6, 6.07) is 15.1. The van der Waals surface area contributed by atoms with Gasteiger partial charge in [-0.2, -0.15) is 10.3 Å². The van der Waals surface area contributed by atoms with Crippen LogP contribution in [0.1, 0.15) is 11.1 Å². The van der Waals surface area contributed by atoms with Crippen LogP contribution in [0, 0.1) is 11.3 Å². The second-order valence-electron chi connectivity index (χ2n) is 5.93. The number of hydrogen-bond acceptors (Lipinski definition) is 9. The van der Waals surface area contributed by atoms with Crippen LogP contribution in [0.5, 0.6) is 5.75 Å². The van der Waals surface area contributed by atoms with Crippen molar-refractivity contribution in [1.29, 1.82) is 5.26 Å². The fraction of sp³-hybridized carbons (Fsp3) is 0.167. The van der Waals surface area contributed by atoms with Gasteiger partial charge in [0.05, 0.1) is 28.3 Å². The minimum atomic E-state index is 0.538. The molecule has 0 saturated carbocycles. The lowest BCUT2D eigenvalue weighted by Crippen LogP contribution is -2.27. The third kappa shape index (κ3) is 5.93. The Kier molecular flexibility index (Phi) is 7.45. The van der Waals surface area contributed by atoms with E-state index in [1.54, 1.807) is 43.6 Å². The van der Waals surface area contributed by atoms with Crippen LogP contribution in [-0.4, -0.2) is 34.0 Å². The molecule has 3 aromatic rings. The molecule has 0 saturated heterocycles. The van der Waals surface area contributed by atoms with Crippen LogP contribution in [-0.2, 0) is 15.9 Å². The Morgan fingerprint density at radius 3 is 2.48 bits per heavy atom. The molecule has 0 amide bonds. The summed E-state index contributed by atoms with van der Waals surface area (Å²) in [6.07, 6.45) is 3.23. The first kappa shape index (κ1) is 21.1. The third-order valence-corrected chi connectivity index (χ3v) is 4.62. The van der Waals surface area contributed by atoms with Gasteiger partial charge in [0.25, 0.3) is 12.3 Å². The van der Waals surface area contributed by atoms with Gasteiger partial charge >= 0.3 is 0 Å². The first-order valence-electron chi connectivity index (χ1n) is 8.33. The standard InChI is InChI=1S/C18H17BrN6O3S/c1-23(2)27-28-29-26-18-8-5-15(9-17(18)19)11-25(24-12-21-22-13-24)16-6-3-14(10-20)4-7-16/h3-9,12-13H,11H2,1-2H3. The average Bonchev–Trinajstić information content (AvgIpc) is 3.25. The maximum absolute atomic E-state index is 9.02. The van der Waals surface area contributed by atoms with E-state index in [-0.39, 0.29) is 0 Å². The van der Waals surface area contributed by atoms with E-state index in [2.05, 4.69) is 32.2 Å². The van der Waals surface area contributed by atoms with Gasteiger partial charge in [-0.3, -0.25) is 5.01 Å². The Balaban J connectivity index is 1.74. The molecule has 0 aliphatic rings. The molecule has 0 radical (unpaired) electrons. The highest BCUT2D eigenvalue weighted by molar-refractivity contribution is 9.10. The number of nitrogens with zero attached hydrogens (tertiary/aromatic N) is 6. The van der Waals surface area contributed by atoms with Crippen LogP contribution in [0.25, 0.3) is 0 Å². The maximum atomic E-state index is 9.02. The van der Waals surface area contributed by atoms with E-state index in [9.17, 15) is 0 Å². The molecule has 3 rings (SSSR count). The molecule has 0 unspecified atom stereocenters. The monoisotopic (exact) mass is 476 g/mol. The SMILES string of the molecule is CN(C)OOSOc1ccc(CN(c2ccc(C#N)cc2)n2cnnc2)cc1Br. The van der Waals surface area contributed by atoms with Gasteiger partial charge in [-0.25, -0.2) is 4.68 Å². The fourth-order valence-electron chi connectivity index (χ4n) is 2.34. The van der Waals surface area contributed by atoms with E-state index in [0.717, 1.165) is 15.7 Å². The summed E-state index contributed by atoms with van der Waals surface area (Å²) < 4.78 is 12.8. The van der Waals surface area contributed by atoms with Gasteiger partial charge in [0.15, 0.2) is 5.75 Å².